The van der Waals surface area contributed by atoms with Crippen LogP contribution in [-0.2, 0) is 4.74 Å². The number of nitrogens with two attached hydrogens (primary N) is 1. The summed E-state index contributed by atoms with van der Waals surface area (Å²) in [7, 11) is 0. The molecule has 0 aliphatic carbocycles. The Kier molecular flexibility index (Phi) is 5.16. The number of phenols is 1. The van der Waals surface area contributed by atoms with Gasteiger partial charge in [-0.2, -0.15) is 5.10 Å². The van der Waals surface area contributed by atoms with E-state index >= 15 is 0 Å². The number of nitrogens with zero attached hydrogens (tertiary/aromatic N) is 5. The van der Waals surface area contributed by atoms with E-state index in [9.17, 15) is 14.3 Å². The van der Waals surface area contributed by atoms with Crippen LogP contribution in [-0.4, -0.2) is 54.8 Å². The molecule has 1 aliphatic heterocycles. The van der Waals surface area contributed by atoms with Gasteiger partial charge in [0.2, 0.25) is 0 Å². The maximum Gasteiger partial charge on any atom is 0.410 e. The number of amides is 1. The molecule has 1 fully saturated rings. The van der Waals surface area contributed by atoms with Crippen LogP contribution in [0.4, 0.5) is 15.0 Å². The van der Waals surface area contributed by atoms with Gasteiger partial charge in [0.05, 0.1) is 17.3 Å². The molecule has 3 N–H and O–H groups in total. The number of anilines is 1. The highest BCUT2D eigenvalue weighted by atomic mass is 19.1. The number of aromatic hydroxyl groups is 1. The molecule has 1 aromatic carbocycles. The van der Waals surface area contributed by atoms with Gasteiger partial charge in [0.1, 0.15) is 5.60 Å². The van der Waals surface area contributed by atoms with E-state index in [1.807, 2.05) is 20.8 Å². The molecule has 0 unspecified atom stereocenters. The van der Waals surface area contributed by atoms with Gasteiger partial charge in [-0.05, 0) is 51.8 Å². The number of phenolic OH excluding ortho intramolecular Hbond substituents is 1. The van der Waals surface area contributed by atoms with Crippen molar-refractivity contribution >= 4 is 22.9 Å². The van der Waals surface area contributed by atoms with Crippen LogP contribution in [0.3, 0.4) is 0 Å². The predicted molar refractivity (Wildman–Crippen MR) is 113 cm³/mol. The van der Waals surface area contributed by atoms with E-state index in [1.54, 1.807) is 21.7 Å². The zero-order valence-corrected chi connectivity index (χ0v) is 17.7. The molecule has 0 saturated carbocycles. The Bertz CT molecular complexity index is 1130. The van der Waals surface area contributed by atoms with Crippen molar-refractivity contribution in [2.24, 2.45) is 0 Å². The summed E-state index contributed by atoms with van der Waals surface area (Å²) in [6.45, 7) is 6.57. The number of nitrogen functional groups attached to an aromatic ring is 1. The highest BCUT2D eigenvalue weighted by molar-refractivity contribution is 5.87. The van der Waals surface area contributed by atoms with Gasteiger partial charge in [-0.25, -0.2) is 9.18 Å². The zero-order valence-electron chi connectivity index (χ0n) is 17.7. The third-order valence-corrected chi connectivity index (χ3v) is 5.20. The zero-order chi connectivity index (χ0) is 22.3. The maximum atomic E-state index is 13.8. The predicted octanol–water partition coefficient (Wildman–Crippen LogP) is 3.49. The molecular formula is C21H25FN6O3. The highest BCUT2D eigenvalue weighted by Crippen LogP contribution is 2.33. The number of piperidine rings is 1. The van der Waals surface area contributed by atoms with Crippen molar-refractivity contribution in [2.45, 2.75) is 45.3 Å². The van der Waals surface area contributed by atoms with Crippen molar-refractivity contribution in [1.29, 1.82) is 0 Å². The number of halogens is 1. The molecule has 0 radical (unpaired) electrons. The Morgan fingerprint density at radius 1 is 1.26 bits per heavy atom. The van der Waals surface area contributed by atoms with E-state index in [0.29, 0.717) is 42.7 Å². The van der Waals surface area contributed by atoms with Crippen LogP contribution in [0.5, 0.6) is 5.75 Å². The fourth-order valence-corrected chi connectivity index (χ4v) is 3.71. The number of likely N-dealkylation sites (tertiary alicyclic amines) is 1. The van der Waals surface area contributed by atoms with E-state index in [2.05, 4.69) is 15.3 Å². The second kappa shape index (κ2) is 7.68. The van der Waals surface area contributed by atoms with Crippen molar-refractivity contribution in [2.75, 3.05) is 18.8 Å². The van der Waals surface area contributed by atoms with Crippen molar-refractivity contribution in [3.05, 3.63) is 30.1 Å². The quantitative estimate of drug-likeness (QED) is 0.641. The number of hydrogen-bond acceptors (Lipinski definition) is 7. The van der Waals surface area contributed by atoms with Crippen LogP contribution in [0.2, 0.25) is 0 Å². The summed E-state index contributed by atoms with van der Waals surface area (Å²) in [5.74, 6) is -0.977. The minimum atomic E-state index is -0.734. The first-order chi connectivity index (χ1) is 14.6. The van der Waals surface area contributed by atoms with Gasteiger partial charge in [-0.15, -0.1) is 10.2 Å². The second-order valence-corrected chi connectivity index (χ2v) is 8.63. The van der Waals surface area contributed by atoms with Gasteiger partial charge >= 0.3 is 6.09 Å². The number of carbonyl (C=O) groups is 1. The lowest BCUT2D eigenvalue weighted by molar-refractivity contribution is 0.0186. The average molecular weight is 428 g/mol. The van der Waals surface area contributed by atoms with Gasteiger partial charge in [-0.3, -0.25) is 4.68 Å². The number of fused-ring (bicyclic) bond motifs is 1. The van der Waals surface area contributed by atoms with Crippen LogP contribution in [0, 0.1) is 5.82 Å². The fourth-order valence-electron chi connectivity index (χ4n) is 3.71. The average Bonchev–Trinajstić information content (AvgIpc) is 3.05. The summed E-state index contributed by atoms with van der Waals surface area (Å²) < 4.78 is 21.0. The first-order valence-electron chi connectivity index (χ1n) is 10.1. The number of carbonyl (C=O) groups excluding carboxylic acids is 1. The maximum absolute atomic E-state index is 13.8. The molecule has 0 bridgehead atoms. The van der Waals surface area contributed by atoms with Crippen molar-refractivity contribution < 1.29 is 19.0 Å². The topological polar surface area (TPSA) is 119 Å². The van der Waals surface area contributed by atoms with E-state index in [-0.39, 0.29) is 23.5 Å². The Labute approximate surface area is 178 Å². The summed E-state index contributed by atoms with van der Waals surface area (Å²) in [5.41, 5.74) is 7.13. The molecule has 3 heterocycles. The van der Waals surface area contributed by atoms with Gasteiger partial charge in [-0.1, -0.05) is 6.07 Å². The smallest absolute Gasteiger partial charge is 0.410 e. The molecule has 164 valence electrons. The number of para-hydroxylation sites is 1. The van der Waals surface area contributed by atoms with Crippen LogP contribution >= 0.6 is 0 Å². The van der Waals surface area contributed by atoms with E-state index in [0.717, 1.165) is 0 Å². The SMILES string of the molecule is CC(C)(C)OC(=O)N1CCC(n2nc(N)c3nnc(-c4cccc(F)c4O)cc32)CC1. The first kappa shape index (κ1) is 20.8. The molecule has 0 spiro atoms. The summed E-state index contributed by atoms with van der Waals surface area (Å²) in [5, 5.41) is 22.7. The van der Waals surface area contributed by atoms with Gasteiger partial charge < -0.3 is 20.5 Å². The molecule has 3 aromatic rings. The number of hydrogen-bond donors (Lipinski definition) is 2. The molecule has 0 atom stereocenters. The largest absolute Gasteiger partial charge is 0.504 e. The Morgan fingerprint density at radius 3 is 2.65 bits per heavy atom. The minimum Gasteiger partial charge on any atom is -0.504 e. The van der Waals surface area contributed by atoms with Crippen LogP contribution < -0.4 is 5.73 Å². The normalized spacial score (nSPS) is 15.4. The van der Waals surface area contributed by atoms with Crippen LogP contribution in [0.25, 0.3) is 22.3 Å². The molecule has 1 saturated heterocycles. The Hall–Kier alpha value is -3.43. The van der Waals surface area contributed by atoms with Gasteiger partial charge in [0, 0.05) is 18.7 Å². The molecule has 10 heteroatoms. The van der Waals surface area contributed by atoms with E-state index < -0.39 is 17.2 Å². The van der Waals surface area contributed by atoms with Gasteiger partial charge in [0.15, 0.2) is 22.9 Å². The molecule has 1 aliphatic rings. The number of rotatable bonds is 2. The van der Waals surface area contributed by atoms with E-state index in [4.69, 9.17) is 10.5 Å². The minimum absolute atomic E-state index is 0.00311. The number of aromatic nitrogens is 4. The lowest BCUT2D eigenvalue weighted by atomic mass is 10.1. The van der Waals surface area contributed by atoms with Crippen molar-refractivity contribution in [1.82, 2.24) is 24.9 Å². The molecule has 2 aromatic heterocycles. The van der Waals surface area contributed by atoms with Gasteiger partial charge in [0.25, 0.3) is 0 Å². The first-order valence-corrected chi connectivity index (χ1v) is 10.1. The lowest BCUT2D eigenvalue weighted by Gasteiger charge is -2.33. The van der Waals surface area contributed by atoms with Crippen LogP contribution in [0.1, 0.15) is 39.7 Å². The summed E-state index contributed by atoms with van der Waals surface area (Å²) in [6, 6.07) is 5.93. The Morgan fingerprint density at radius 2 is 1.97 bits per heavy atom. The van der Waals surface area contributed by atoms with Crippen molar-refractivity contribution in [3.8, 4) is 17.0 Å². The number of ether oxygens (including phenoxy) is 1. The lowest BCUT2D eigenvalue weighted by Crippen LogP contribution is -2.42. The standard InChI is InChI=1S/C21H25FN6O3/c1-21(2,3)31-20(30)27-9-7-12(8-10-27)28-16-11-15(24-25-17(16)19(23)26-28)13-5-4-6-14(22)18(13)29/h4-6,11-12,29H,7-10H2,1-3H3,(H2,23,26). The molecule has 1 amide bonds. The summed E-state index contributed by atoms with van der Waals surface area (Å²) in [6.07, 6.45) is 1.00. The second-order valence-electron chi connectivity index (χ2n) is 8.63. The third-order valence-electron chi connectivity index (χ3n) is 5.20. The Balaban J connectivity index is 1.60. The molecular weight excluding hydrogens is 403 g/mol. The fraction of sp³-hybridized carbons (Fsp3) is 0.429. The molecule has 9 nitrogen and oxygen atoms in total. The monoisotopic (exact) mass is 428 g/mol. The summed E-state index contributed by atoms with van der Waals surface area (Å²) in [4.78, 5) is 14.0. The third kappa shape index (κ3) is 4.10. The number of benzene rings is 1. The highest BCUT2D eigenvalue weighted by Gasteiger charge is 2.29. The molecule has 31 heavy (non-hydrogen) atoms. The van der Waals surface area contributed by atoms with E-state index in [1.165, 1.54) is 12.1 Å². The molecule has 4 rings (SSSR count). The van der Waals surface area contributed by atoms with Crippen molar-refractivity contribution in [3.63, 3.8) is 0 Å². The summed E-state index contributed by atoms with van der Waals surface area (Å²) >= 11 is 0. The van der Waals surface area contributed by atoms with Crippen LogP contribution in [0.15, 0.2) is 24.3 Å².